The zero-order valence-electron chi connectivity index (χ0n) is 60.1. The second-order valence-electron chi connectivity index (χ2n) is 29.8. The van der Waals surface area contributed by atoms with Gasteiger partial charge in [-0.3, -0.25) is 0 Å². The van der Waals surface area contributed by atoms with Gasteiger partial charge in [0.05, 0.1) is 33.1 Å². The predicted octanol–water partition coefficient (Wildman–Crippen LogP) is 26.3. The Morgan fingerprint density at radius 3 is 1.40 bits per heavy atom. The molecular formula is C103H67N3O2SSi. The second-order valence-corrected chi connectivity index (χ2v) is 34.7. The molecule has 1 aliphatic carbocycles. The Morgan fingerprint density at radius 1 is 0.300 bits per heavy atom. The van der Waals surface area contributed by atoms with Crippen LogP contribution < -0.4 is 15.6 Å². The molecular weight excluding hydrogens is 1370 g/mol. The van der Waals surface area contributed by atoms with E-state index in [4.69, 9.17) is 8.83 Å². The summed E-state index contributed by atoms with van der Waals surface area (Å²) in [5, 5.41) is 19.8. The van der Waals surface area contributed by atoms with Gasteiger partial charge >= 0.3 is 0 Å². The first kappa shape index (κ1) is 62.6. The Kier molecular flexibility index (Phi) is 13.9. The standard InChI is InChI=1S/C103H67N3O2SSi/c1-64-21-15-28-75(55-64)110(74-26-3-2-4-27-74,76-29-17-24-69(57-76)79-37-19-38-84-83-34-9-14-44-101(83)109-103(79)84)77-30-18-25-71(61-77)106-94-42-13-8-35-85(94)102-78(36-20-43-96(102)106)70-45-50-95-86(60-70)82-33-7-12-41-93(82)105(95)73-49-54-100-90(63-73)88-59-68(47-52-98(88)108-100)66-23-16-22-65(56-66)67-46-51-97-87(58-67)89-62-72(48-53-99(89)107-97)104-91-39-10-5-31-80(91)81-32-6-11-40-92(81)104/h2-20,22-64H,21H2,1H3. The number of para-hydroxylation sites is 4. The maximum Gasteiger partial charge on any atom is 0.179 e. The molecule has 5 nitrogen and oxygen atoms in total. The van der Waals surface area contributed by atoms with Crippen LogP contribution in [0.1, 0.15) is 13.3 Å². The van der Waals surface area contributed by atoms with Crippen molar-refractivity contribution in [2.24, 2.45) is 5.92 Å². The number of benzene rings is 16. The minimum absolute atomic E-state index is 0.394. The van der Waals surface area contributed by atoms with Crippen molar-refractivity contribution in [3.63, 3.8) is 0 Å². The van der Waals surface area contributed by atoms with Crippen LogP contribution in [0.2, 0.25) is 0 Å². The number of allylic oxidation sites excluding steroid dienone is 4. The lowest BCUT2D eigenvalue weighted by Gasteiger charge is -2.37. The number of fused-ring (bicyclic) bond motifs is 18. The monoisotopic (exact) mass is 1440 g/mol. The maximum absolute atomic E-state index is 6.68. The first-order chi connectivity index (χ1) is 54.4. The summed E-state index contributed by atoms with van der Waals surface area (Å²) < 4.78 is 23.2. The van der Waals surface area contributed by atoms with Gasteiger partial charge in [-0.15, -0.1) is 11.3 Å². The van der Waals surface area contributed by atoms with E-state index in [0.29, 0.717) is 5.92 Å². The van der Waals surface area contributed by atoms with Gasteiger partial charge in [-0.1, -0.05) is 250 Å². The quantitative estimate of drug-likeness (QED) is 0.0956. The summed E-state index contributed by atoms with van der Waals surface area (Å²) in [6, 6.07) is 131. The van der Waals surface area contributed by atoms with Crippen LogP contribution in [0.3, 0.4) is 0 Å². The van der Waals surface area contributed by atoms with Crippen LogP contribution in [0, 0.1) is 5.92 Å². The number of aromatic nitrogens is 3. The van der Waals surface area contributed by atoms with E-state index in [2.05, 4.69) is 391 Å². The number of furan rings is 2. The molecule has 0 fully saturated rings. The molecule has 0 saturated carbocycles. The van der Waals surface area contributed by atoms with Crippen molar-refractivity contribution in [3.8, 4) is 61.6 Å². The third kappa shape index (κ3) is 9.51. The van der Waals surface area contributed by atoms with Crippen molar-refractivity contribution < 1.29 is 8.83 Å². The molecule has 2 unspecified atom stereocenters. The van der Waals surface area contributed by atoms with E-state index in [1.165, 1.54) is 118 Å². The van der Waals surface area contributed by atoms with Crippen LogP contribution >= 0.6 is 11.3 Å². The van der Waals surface area contributed by atoms with Gasteiger partial charge in [0.2, 0.25) is 0 Å². The van der Waals surface area contributed by atoms with Crippen LogP contribution in [-0.2, 0) is 0 Å². The topological polar surface area (TPSA) is 41.1 Å². The summed E-state index contributed by atoms with van der Waals surface area (Å²) >= 11 is 1.90. The lowest BCUT2D eigenvalue weighted by Crippen LogP contribution is -2.68. The van der Waals surface area contributed by atoms with Gasteiger partial charge in [0.25, 0.3) is 0 Å². The molecule has 7 heteroatoms. The Bertz CT molecular complexity index is 7630. The summed E-state index contributed by atoms with van der Waals surface area (Å²) in [5.74, 6) is 0.394. The van der Waals surface area contributed by atoms with Crippen LogP contribution in [0.25, 0.3) is 191 Å². The zero-order valence-corrected chi connectivity index (χ0v) is 61.9. The predicted molar refractivity (Wildman–Crippen MR) is 467 cm³/mol. The van der Waals surface area contributed by atoms with E-state index in [0.717, 1.165) is 101 Å². The van der Waals surface area contributed by atoms with Crippen LogP contribution in [0.15, 0.2) is 384 Å². The molecule has 6 heterocycles. The third-order valence-electron chi connectivity index (χ3n) is 23.7. The van der Waals surface area contributed by atoms with Gasteiger partial charge in [-0.05, 0) is 205 Å². The van der Waals surface area contributed by atoms with Gasteiger partial charge < -0.3 is 22.5 Å². The van der Waals surface area contributed by atoms with Crippen molar-refractivity contribution in [2.75, 3.05) is 0 Å². The van der Waals surface area contributed by atoms with E-state index in [1.54, 1.807) is 0 Å². The second kappa shape index (κ2) is 24.5. The average Bonchev–Trinajstić information content (AvgIpc) is 1.25. The van der Waals surface area contributed by atoms with Gasteiger partial charge in [-0.2, -0.15) is 0 Å². The molecule has 2 atom stereocenters. The van der Waals surface area contributed by atoms with Crippen LogP contribution in [0.4, 0.5) is 0 Å². The summed E-state index contributed by atoms with van der Waals surface area (Å²) in [5.41, 5.74) is 23.2. The molecule has 0 spiro atoms. The molecule has 0 saturated heterocycles. The minimum atomic E-state index is -3.06. The third-order valence-corrected chi connectivity index (χ3v) is 29.6. The van der Waals surface area contributed by atoms with Gasteiger partial charge in [-0.25, -0.2) is 0 Å². The highest BCUT2D eigenvalue weighted by molar-refractivity contribution is 7.26. The number of thiophene rings is 1. The highest BCUT2D eigenvalue weighted by Gasteiger charge is 2.43. The summed E-state index contributed by atoms with van der Waals surface area (Å²) in [6.45, 7) is 2.38. The Hall–Kier alpha value is -13.6. The van der Waals surface area contributed by atoms with Crippen LogP contribution in [-0.4, -0.2) is 21.8 Å². The van der Waals surface area contributed by atoms with Gasteiger partial charge in [0, 0.05) is 91.1 Å². The molecule has 0 N–H and O–H groups in total. The molecule has 16 aromatic carbocycles. The van der Waals surface area contributed by atoms with Gasteiger partial charge in [0.1, 0.15) is 22.3 Å². The largest absolute Gasteiger partial charge is 0.456 e. The van der Waals surface area contributed by atoms with E-state index in [1.807, 2.05) is 11.3 Å². The normalized spacial score (nSPS) is 14.0. The number of hydrogen-bond acceptors (Lipinski definition) is 3. The lowest BCUT2D eigenvalue weighted by molar-refractivity contribution is 0.668. The number of hydrogen-bond donors (Lipinski definition) is 0. The number of nitrogens with zero attached hydrogens (tertiary/aromatic N) is 3. The van der Waals surface area contributed by atoms with Gasteiger partial charge in [0.15, 0.2) is 8.07 Å². The molecule has 23 rings (SSSR count). The van der Waals surface area contributed by atoms with E-state index >= 15 is 0 Å². The molecule has 0 radical (unpaired) electrons. The summed E-state index contributed by atoms with van der Waals surface area (Å²) in [6.07, 6.45) is 8.51. The molecule has 0 bridgehead atoms. The Balaban J connectivity index is 0.613. The molecule has 6 aromatic heterocycles. The fraction of sp³-hybridized carbons (Fsp3) is 0.0291. The maximum atomic E-state index is 6.68. The first-order valence-corrected chi connectivity index (χ1v) is 40.9. The van der Waals surface area contributed by atoms with Crippen molar-refractivity contribution in [1.29, 1.82) is 0 Å². The molecule has 0 amide bonds. The fourth-order valence-corrected chi connectivity index (χ4v) is 25.0. The highest BCUT2D eigenvalue weighted by Crippen LogP contribution is 2.46. The molecule has 1 aliphatic rings. The van der Waals surface area contributed by atoms with Crippen LogP contribution in [0.5, 0.6) is 0 Å². The van der Waals surface area contributed by atoms with Crippen molar-refractivity contribution in [1.82, 2.24) is 13.7 Å². The zero-order chi connectivity index (χ0) is 72.3. The smallest absolute Gasteiger partial charge is 0.179 e. The average molecular weight is 1440 g/mol. The number of rotatable bonds is 11. The molecule has 0 aliphatic heterocycles. The lowest BCUT2D eigenvalue weighted by atomic mass is 9.97. The SMILES string of the molecule is CC1C=C([Si](c2ccccc2)(c2cccc(-c3cccc4c3sc3ccccc34)c2)c2cccc(-n3c4ccccc4c4c(-c5ccc6c(c5)c5ccccc5n6-c5ccc6oc7ccc(-c8cccc(-c9ccc%10oc%11ccc(-n%12c%13ccccc%13c%13ccccc%13%12)cc%11c%10c9)c8)cc7c6c5)cccc43)c2)C=CC1. The minimum Gasteiger partial charge on any atom is -0.456 e. The summed E-state index contributed by atoms with van der Waals surface area (Å²) in [7, 11) is -3.06. The van der Waals surface area contributed by atoms with E-state index in [-0.39, 0.29) is 0 Å². The summed E-state index contributed by atoms with van der Waals surface area (Å²) in [4.78, 5) is 0. The Labute approximate surface area is 638 Å². The fourth-order valence-electron chi connectivity index (χ4n) is 18.8. The van der Waals surface area contributed by atoms with Crippen molar-refractivity contribution in [3.05, 3.63) is 375 Å². The van der Waals surface area contributed by atoms with Crippen molar-refractivity contribution >= 4 is 164 Å². The molecule has 516 valence electrons. The molecule has 22 aromatic rings. The molecule has 110 heavy (non-hydrogen) atoms. The first-order valence-electron chi connectivity index (χ1n) is 38.1. The highest BCUT2D eigenvalue weighted by atomic mass is 32.1. The van der Waals surface area contributed by atoms with Crippen molar-refractivity contribution in [2.45, 2.75) is 13.3 Å². The van der Waals surface area contributed by atoms with E-state index in [9.17, 15) is 0 Å². The Morgan fingerprint density at radius 2 is 0.736 bits per heavy atom. The van der Waals surface area contributed by atoms with E-state index < -0.39 is 8.07 Å².